The third kappa shape index (κ3) is 3.46. The summed E-state index contributed by atoms with van der Waals surface area (Å²) in [6, 6.07) is 8.05. The van der Waals surface area contributed by atoms with Crippen LogP contribution in [0.1, 0.15) is 26.7 Å². The number of ether oxygens (including phenoxy) is 1. The van der Waals surface area contributed by atoms with Gasteiger partial charge in [-0.05, 0) is 18.1 Å². The summed E-state index contributed by atoms with van der Waals surface area (Å²) >= 11 is 0. The molecule has 0 radical (unpaired) electrons. The zero-order chi connectivity index (χ0) is 11.1. The maximum Gasteiger partial charge on any atom is 0.141 e. The average molecular weight is 207 g/mol. The van der Waals surface area contributed by atoms with E-state index in [-0.39, 0.29) is 0 Å². The molecule has 0 unspecified atom stereocenters. The van der Waals surface area contributed by atoms with E-state index in [1.54, 1.807) is 7.11 Å². The molecular weight excluding hydrogens is 186 g/mol. The number of nitrogens with one attached hydrogen (secondary N) is 1. The van der Waals surface area contributed by atoms with Crippen molar-refractivity contribution in [2.75, 3.05) is 19.0 Å². The van der Waals surface area contributed by atoms with Gasteiger partial charge in [0.1, 0.15) is 5.75 Å². The van der Waals surface area contributed by atoms with Crippen molar-refractivity contribution >= 4 is 5.69 Å². The Labute approximate surface area is 92.6 Å². The van der Waals surface area contributed by atoms with Gasteiger partial charge in [-0.1, -0.05) is 38.8 Å². The highest BCUT2D eigenvalue weighted by Crippen LogP contribution is 2.23. The largest absolute Gasteiger partial charge is 0.495 e. The molecular formula is C13H21NO. The van der Waals surface area contributed by atoms with Crippen molar-refractivity contribution in [2.45, 2.75) is 26.7 Å². The number of hydrogen-bond donors (Lipinski definition) is 1. The van der Waals surface area contributed by atoms with Crippen molar-refractivity contribution in [3.8, 4) is 5.75 Å². The third-order valence-electron chi connectivity index (χ3n) is 2.84. The second-order valence-electron chi connectivity index (χ2n) is 3.76. The molecule has 0 atom stereocenters. The molecule has 0 aliphatic rings. The lowest BCUT2D eigenvalue weighted by Crippen LogP contribution is -2.13. The van der Waals surface area contributed by atoms with Gasteiger partial charge >= 0.3 is 0 Å². The summed E-state index contributed by atoms with van der Waals surface area (Å²) < 4.78 is 5.28. The van der Waals surface area contributed by atoms with Gasteiger partial charge in [0.25, 0.3) is 0 Å². The first kappa shape index (κ1) is 11.9. The molecule has 0 spiro atoms. The van der Waals surface area contributed by atoms with Crippen LogP contribution >= 0.6 is 0 Å². The highest BCUT2D eigenvalue weighted by Gasteiger charge is 2.05. The van der Waals surface area contributed by atoms with Crippen molar-refractivity contribution < 1.29 is 4.74 Å². The quantitative estimate of drug-likeness (QED) is 0.770. The molecule has 0 aromatic heterocycles. The molecule has 2 nitrogen and oxygen atoms in total. The molecule has 0 amide bonds. The molecule has 1 aromatic rings. The van der Waals surface area contributed by atoms with Crippen molar-refractivity contribution in [3.05, 3.63) is 24.3 Å². The van der Waals surface area contributed by atoms with Crippen LogP contribution in [0.4, 0.5) is 5.69 Å². The van der Waals surface area contributed by atoms with Crippen molar-refractivity contribution in [1.29, 1.82) is 0 Å². The maximum atomic E-state index is 5.28. The van der Waals surface area contributed by atoms with Crippen LogP contribution in [0.2, 0.25) is 0 Å². The van der Waals surface area contributed by atoms with Crippen LogP contribution in [-0.4, -0.2) is 13.7 Å². The zero-order valence-electron chi connectivity index (χ0n) is 9.92. The van der Waals surface area contributed by atoms with Gasteiger partial charge in [0, 0.05) is 6.54 Å². The fourth-order valence-corrected chi connectivity index (χ4v) is 1.62. The fourth-order valence-electron chi connectivity index (χ4n) is 1.62. The number of hydrogen-bond acceptors (Lipinski definition) is 2. The normalized spacial score (nSPS) is 10.4. The molecule has 0 aliphatic carbocycles. The smallest absolute Gasteiger partial charge is 0.141 e. The highest BCUT2D eigenvalue weighted by atomic mass is 16.5. The Hall–Kier alpha value is -1.18. The SMILES string of the molecule is CCC(CC)CNc1ccccc1OC. The minimum Gasteiger partial charge on any atom is -0.495 e. The highest BCUT2D eigenvalue weighted by molar-refractivity contribution is 5.56. The molecule has 0 fully saturated rings. The van der Waals surface area contributed by atoms with Crippen LogP contribution in [0, 0.1) is 5.92 Å². The van der Waals surface area contributed by atoms with Gasteiger partial charge in [-0.25, -0.2) is 0 Å². The van der Waals surface area contributed by atoms with Crippen molar-refractivity contribution in [1.82, 2.24) is 0 Å². The molecule has 0 bridgehead atoms. The molecule has 0 saturated carbocycles. The van der Waals surface area contributed by atoms with Crippen LogP contribution in [-0.2, 0) is 0 Å². The molecule has 0 aliphatic heterocycles. The lowest BCUT2D eigenvalue weighted by molar-refractivity contribution is 0.415. The Morgan fingerprint density at radius 2 is 1.87 bits per heavy atom. The van der Waals surface area contributed by atoms with Crippen LogP contribution in [0.15, 0.2) is 24.3 Å². The summed E-state index contributed by atoms with van der Waals surface area (Å²) in [6.07, 6.45) is 2.44. The summed E-state index contributed by atoms with van der Waals surface area (Å²) in [4.78, 5) is 0. The van der Waals surface area contributed by atoms with Gasteiger partial charge in [0.15, 0.2) is 0 Å². The first-order valence-corrected chi connectivity index (χ1v) is 5.68. The van der Waals surface area contributed by atoms with Gasteiger partial charge in [0.05, 0.1) is 12.8 Å². The topological polar surface area (TPSA) is 21.3 Å². The summed E-state index contributed by atoms with van der Waals surface area (Å²) in [7, 11) is 1.71. The van der Waals surface area contributed by atoms with E-state index in [0.717, 1.165) is 23.9 Å². The predicted octanol–water partition coefficient (Wildman–Crippen LogP) is 3.54. The molecule has 0 heterocycles. The Morgan fingerprint density at radius 1 is 1.20 bits per heavy atom. The summed E-state index contributed by atoms with van der Waals surface area (Å²) in [5.74, 6) is 1.67. The number of benzene rings is 1. The molecule has 84 valence electrons. The number of methoxy groups -OCH3 is 1. The Kier molecular flexibility index (Phi) is 5.02. The van der Waals surface area contributed by atoms with Gasteiger partial charge in [-0.2, -0.15) is 0 Å². The van der Waals surface area contributed by atoms with E-state index in [1.807, 2.05) is 18.2 Å². The molecule has 15 heavy (non-hydrogen) atoms. The Balaban J connectivity index is 2.56. The number of para-hydroxylation sites is 2. The zero-order valence-corrected chi connectivity index (χ0v) is 9.92. The monoisotopic (exact) mass is 207 g/mol. The lowest BCUT2D eigenvalue weighted by Gasteiger charge is -2.16. The second-order valence-corrected chi connectivity index (χ2v) is 3.76. The fraction of sp³-hybridized carbons (Fsp3) is 0.538. The lowest BCUT2D eigenvalue weighted by atomic mass is 10.0. The van der Waals surface area contributed by atoms with Crippen LogP contribution in [0.3, 0.4) is 0 Å². The van der Waals surface area contributed by atoms with E-state index in [4.69, 9.17) is 4.74 Å². The van der Waals surface area contributed by atoms with Crippen LogP contribution in [0.25, 0.3) is 0 Å². The minimum absolute atomic E-state index is 0.745. The standard InChI is InChI=1S/C13H21NO/c1-4-11(5-2)10-14-12-8-6-7-9-13(12)15-3/h6-9,11,14H,4-5,10H2,1-3H3. The Bertz CT molecular complexity index is 282. The van der Waals surface area contributed by atoms with E-state index >= 15 is 0 Å². The first-order chi connectivity index (χ1) is 7.31. The molecule has 1 rings (SSSR count). The summed E-state index contributed by atoms with van der Waals surface area (Å²) in [6.45, 7) is 5.49. The summed E-state index contributed by atoms with van der Waals surface area (Å²) in [5.41, 5.74) is 1.09. The third-order valence-corrected chi connectivity index (χ3v) is 2.84. The first-order valence-electron chi connectivity index (χ1n) is 5.68. The van der Waals surface area contributed by atoms with Gasteiger partial charge in [-0.3, -0.25) is 0 Å². The molecule has 0 saturated heterocycles. The Morgan fingerprint density at radius 3 is 2.47 bits per heavy atom. The van der Waals surface area contributed by atoms with E-state index in [2.05, 4.69) is 25.2 Å². The second kappa shape index (κ2) is 6.33. The molecule has 1 N–H and O–H groups in total. The van der Waals surface area contributed by atoms with Crippen molar-refractivity contribution in [3.63, 3.8) is 0 Å². The minimum atomic E-state index is 0.745. The number of anilines is 1. The van der Waals surface area contributed by atoms with Gasteiger partial charge in [-0.15, -0.1) is 0 Å². The summed E-state index contributed by atoms with van der Waals surface area (Å²) in [5, 5.41) is 3.44. The molecule has 2 heteroatoms. The van der Waals surface area contributed by atoms with Gasteiger partial charge in [0.2, 0.25) is 0 Å². The van der Waals surface area contributed by atoms with Crippen molar-refractivity contribution in [2.24, 2.45) is 5.92 Å². The van der Waals surface area contributed by atoms with E-state index in [0.29, 0.717) is 0 Å². The maximum absolute atomic E-state index is 5.28. The van der Waals surface area contributed by atoms with Crippen LogP contribution in [0.5, 0.6) is 5.75 Å². The average Bonchev–Trinajstić information content (AvgIpc) is 2.31. The van der Waals surface area contributed by atoms with E-state index < -0.39 is 0 Å². The number of rotatable bonds is 6. The van der Waals surface area contributed by atoms with E-state index in [9.17, 15) is 0 Å². The predicted molar refractivity (Wildman–Crippen MR) is 65.6 cm³/mol. The molecule has 1 aromatic carbocycles. The van der Waals surface area contributed by atoms with Gasteiger partial charge < -0.3 is 10.1 Å². The van der Waals surface area contributed by atoms with Crippen LogP contribution < -0.4 is 10.1 Å². The van der Waals surface area contributed by atoms with E-state index in [1.165, 1.54) is 12.8 Å².